The third kappa shape index (κ3) is 2.68. The summed E-state index contributed by atoms with van der Waals surface area (Å²) in [4.78, 5) is 41.0. The molecule has 2 aliphatic heterocycles. The Morgan fingerprint density at radius 3 is 2.73 bits per heavy atom. The number of hydrogen-bond acceptors (Lipinski definition) is 4. The molecule has 4 rings (SSSR count). The molecular weight excluding hydrogens is 334 g/mol. The van der Waals surface area contributed by atoms with Crippen LogP contribution in [0, 0.1) is 5.92 Å². The monoisotopic (exact) mass is 359 g/mol. The lowest BCUT2D eigenvalue weighted by Gasteiger charge is -2.36. The van der Waals surface area contributed by atoms with Crippen LogP contribution >= 0.6 is 0 Å². The van der Waals surface area contributed by atoms with E-state index < -0.39 is 11.6 Å². The molecular formula is C18H25N5O3. The van der Waals surface area contributed by atoms with Gasteiger partial charge in [-0.2, -0.15) is 5.10 Å². The predicted octanol–water partition coefficient (Wildman–Crippen LogP) is 1.19. The number of hydrogen-bond donors (Lipinski definition) is 1. The van der Waals surface area contributed by atoms with Crippen LogP contribution in [0.1, 0.15) is 50.8 Å². The maximum absolute atomic E-state index is 13.0. The first kappa shape index (κ1) is 17.1. The highest BCUT2D eigenvalue weighted by Gasteiger charge is 2.56. The number of aryl methyl sites for hydroxylation is 1. The van der Waals surface area contributed by atoms with Crippen molar-refractivity contribution in [1.29, 1.82) is 0 Å². The molecule has 3 aliphatic rings. The Hall–Kier alpha value is -2.38. The molecule has 3 heterocycles. The highest BCUT2D eigenvalue weighted by atomic mass is 16.2. The molecule has 140 valence electrons. The van der Waals surface area contributed by atoms with Crippen LogP contribution in [0.25, 0.3) is 0 Å². The molecule has 2 atom stereocenters. The molecule has 0 aromatic carbocycles. The van der Waals surface area contributed by atoms with Crippen molar-refractivity contribution in [2.24, 2.45) is 13.0 Å². The van der Waals surface area contributed by atoms with Gasteiger partial charge in [-0.1, -0.05) is 0 Å². The quantitative estimate of drug-likeness (QED) is 0.818. The summed E-state index contributed by atoms with van der Waals surface area (Å²) < 4.78 is 1.79. The molecule has 1 aliphatic carbocycles. The molecule has 1 N–H and O–H groups in total. The average molecular weight is 359 g/mol. The summed E-state index contributed by atoms with van der Waals surface area (Å²) >= 11 is 0. The minimum absolute atomic E-state index is 0.0562. The van der Waals surface area contributed by atoms with Crippen molar-refractivity contribution in [3.8, 4) is 0 Å². The van der Waals surface area contributed by atoms with Gasteiger partial charge in [-0.05, 0) is 51.0 Å². The van der Waals surface area contributed by atoms with Gasteiger partial charge in [0.05, 0.1) is 11.7 Å². The van der Waals surface area contributed by atoms with Crippen LogP contribution < -0.4 is 5.32 Å². The second kappa shape index (κ2) is 6.10. The normalized spacial score (nSPS) is 29.2. The van der Waals surface area contributed by atoms with Crippen molar-refractivity contribution in [2.45, 2.75) is 50.6 Å². The van der Waals surface area contributed by atoms with Gasteiger partial charge in [-0.25, -0.2) is 4.79 Å². The van der Waals surface area contributed by atoms with Gasteiger partial charge >= 0.3 is 6.03 Å². The van der Waals surface area contributed by atoms with Crippen molar-refractivity contribution >= 4 is 17.8 Å². The first-order valence-electron chi connectivity index (χ1n) is 9.33. The number of nitrogens with zero attached hydrogens (tertiary/aromatic N) is 4. The zero-order valence-electron chi connectivity index (χ0n) is 15.3. The Morgan fingerprint density at radius 2 is 2.08 bits per heavy atom. The van der Waals surface area contributed by atoms with Gasteiger partial charge in [0, 0.05) is 19.8 Å². The minimum Gasteiger partial charge on any atom is -0.333 e. The summed E-state index contributed by atoms with van der Waals surface area (Å²) in [5.74, 6) is -0.261. The number of urea groups is 1. The van der Waals surface area contributed by atoms with E-state index in [0.717, 1.165) is 42.7 Å². The number of carbonyl (C=O) groups is 3. The van der Waals surface area contributed by atoms with Crippen LogP contribution in [0.3, 0.4) is 0 Å². The van der Waals surface area contributed by atoms with E-state index in [-0.39, 0.29) is 30.3 Å². The van der Waals surface area contributed by atoms with E-state index in [1.807, 2.05) is 13.1 Å². The Morgan fingerprint density at radius 1 is 1.31 bits per heavy atom. The third-order valence-electron chi connectivity index (χ3n) is 6.01. The van der Waals surface area contributed by atoms with Gasteiger partial charge in [-0.3, -0.25) is 19.2 Å². The number of carbonyl (C=O) groups excluding carboxylic acids is 3. The van der Waals surface area contributed by atoms with Crippen LogP contribution in [0.15, 0.2) is 12.3 Å². The highest BCUT2D eigenvalue weighted by molar-refractivity contribution is 6.09. The van der Waals surface area contributed by atoms with Gasteiger partial charge < -0.3 is 10.2 Å². The van der Waals surface area contributed by atoms with E-state index in [9.17, 15) is 14.4 Å². The molecule has 1 aromatic heterocycles. The van der Waals surface area contributed by atoms with Gasteiger partial charge in [0.15, 0.2) is 0 Å². The fourth-order valence-corrected chi connectivity index (χ4v) is 4.27. The molecule has 26 heavy (non-hydrogen) atoms. The lowest BCUT2D eigenvalue weighted by atomic mass is 9.96. The second-order valence-corrected chi connectivity index (χ2v) is 7.78. The number of amides is 4. The molecule has 2 unspecified atom stereocenters. The number of aromatic nitrogens is 2. The van der Waals surface area contributed by atoms with Crippen molar-refractivity contribution < 1.29 is 14.4 Å². The van der Waals surface area contributed by atoms with Crippen LogP contribution in [-0.2, 0) is 16.6 Å². The zero-order chi connectivity index (χ0) is 18.5. The van der Waals surface area contributed by atoms with Crippen LogP contribution in [0.2, 0.25) is 0 Å². The number of piperidine rings is 1. The molecule has 3 fully saturated rings. The Balaban J connectivity index is 1.51. The zero-order valence-corrected chi connectivity index (χ0v) is 15.3. The summed E-state index contributed by atoms with van der Waals surface area (Å²) in [5, 5.41) is 7.01. The lowest BCUT2D eigenvalue weighted by molar-refractivity contribution is -0.141. The summed E-state index contributed by atoms with van der Waals surface area (Å²) in [6, 6.07) is 1.42. The fourth-order valence-electron chi connectivity index (χ4n) is 4.27. The molecule has 0 radical (unpaired) electrons. The van der Waals surface area contributed by atoms with Crippen molar-refractivity contribution in [3.63, 3.8) is 0 Å². The number of imide groups is 1. The third-order valence-corrected chi connectivity index (χ3v) is 6.01. The SMILES string of the molecule is Cn1nccc1C1CCCCN1C(=O)CN1C(=O)NC(C)(C2CC2)C1=O. The Labute approximate surface area is 152 Å². The van der Waals surface area contributed by atoms with Crippen LogP contribution in [0.5, 0.6) is 0 Å². The number of rotatable bonds is 4. The van der Waals surface area contributed by atoms with E-state index in [1.165, 1.54) is 0 Å². The van der Waals surface area contributed by atoms with Crippen LogP contribution in [0.4, 0.5) is 4.79 Å². The van der Waals surface area contributed by atoms with Crippen LogP contribution in [-0.4, -0.2) is 56.1 Å². The van der Waals surface area contributed by atoms with E-state index in [1.54, 1.807) is 22.7 Å². The maximum Gasteiger partial charge on any atom is 0.325 e. The van der Waals surface area contributed by atoms with Crippen molar-refractivity contribution in [1.82, 2.24) is 24.9 Å². The Kier molecular flexibility index (Phi) is 4.00. The maximum atomic E-state index is 13.0. The average Bonchev–Trinajstić information content (AvgIpc) is 3.36. The highest BCUT2D eigenvalue weighted by Crippen LogP contribution is 2.42. The standard InChI is InChI=1S/C18H25N5O3/c1-18(12-6-7-12)16(25)23(17(26)20-18)11-15(24)22-10-4-3-5-14(22)13-8-9-19-21(13)2/h8-9,12,14H,3-7,10-11H2,1-2H3,(H,20,26). The van der Waals surface area contributed by atoms with Gasteiger partial charge in [0.25, 0.3) is 5.91 Å². The van der Waals surface area contributed by atoms with Gasteiger partial charge in [0.1, 0.15) is 12.1 Å². The first-order chi connectivity index (χ1) is 12.4. The van der Waals surface area contributed by atoms with E-state index in [2.05, 4.69) is 10.4 Å². The molecule has 8 nitrogen and oxygen atoms in total. The molecule has 1 aromatic rings. The summed E-state index contributed by atoms with van der Waals surface area (Å²) in [5.41, 5.74) is 0.138. The first-order valence-corrected chi connectivity index (χ1v) is 9.33. The predicted molar refractivity (Wildman–Crippen MR) is 92.9 cm³/mol. The van der Waals surface area contributed by atoms with E-state index in [0.29, 0.717) is 6.54 Å². The minimum atomic E-state index is -0.847. The number of likely N-dealkylation sites (tertiary alicyclic amines) is 1. The molecule has 0 bridgehead atoms. The topological polar surface area (TPSA) is 87.5 Å². The largest absolute Gasteiger partial charge is 0.333 e. The van der Waals surface area contributed by atoms with Crippen molar-refractivity contribution in [2.75, 3.05) is 13.1 Å². The molecule has 0 spiro atoms. The van der Waals surface area contributed by atoms with Gasteiger partial charge in [-0.15, -0.1) is 0 Å². The van der Waals surface area contributed by atoms with Gasteiger partial charge in [0.2, 0.25) is 5.91 Å². The molecule has 8 heteroatoms. The smallest absolute Gasteiger partial charge is 0.325 e. The Bertz CT molecular complexity index is 756. The lowest BCUT2D eigenvalue weighted by Crippen LogP contribution is -2.48. The molecule has 1 saturated carbocycles. The summed E-state index contributed by atoms with van der Waals surface area (Å²) in [6.45, 7) is 2.22. The molecule has 4 amide bonds. The van der Waals surface area contributed by atoms with Crippen molar-refractivity contribution in [3.05, 3.63) is 18.0 Å². The molecule has 2 saturated heterocycles. The number of nitrogens with one attached hydrogen (secondary N) is 1. The summed E-state index contributed by atoms with van der Waals surface area (Å²) in [7, 11) is 1.87. The van der Waals surface area contributed by atoms with E-state index >= 15 is 0 Å². The second-order valence-electron chi connectivity index (χ2n) is 7.78. The fraction of sp³-hybridized carbons (Fsp3) is 0.667. The van der Waals surface area contributed by atoms with E-state index in [4.69, 9.17) is 0 Å². The summed E-state index contributed by atoms with van der Waals surface area (Å²) in [6.07, 6.45) is 6.46.